The van der Waals surface area contributed by atoms with E-state index in [2.05, 4.69) is 39.1 Å². The molecule has 4 rings (SSSR count). The van der Waals surface area contributed by atoms with Gasteiger partial charge in [0.15, 0.2) is 5.75 Å². The summed E-state index contributed by atoms with van der Waals surface area (Å²) in [6.07, 6.45) is 5.25. The molecule has 4 heterocycles. The molecule has 1 atom stereocenters. The average Bonchev–Trinajstić information content (AvgIpc) is 3.08. The molecule has 2 N–H and O–H groups in total. The van der Waals surface area contributed by atoms with Gasteiger partial charge in [0.2, 0.25) is 0 Å². The van der Waals surface area contributed by atoms with Crippen LogP contribution in [0, 0.1) is 5.92 Å². The third-order valence-corrected chi connectivity index (χ3v) is 4.09. The van der Waals surface area contributed by atoms with Crippen molar-refractivity contribution in [1.82, 2.24) is 19.9 Å². The Morgan fingerprint density at radius 2 is 2.04 bits per heavy atom. The molecule has 3 aromatic rings. The molecule has 0 radical (unpaired) electrons. The molecule has 0 saturated carbocycles. The largest absolute Gasteiger partial charge is 0.484 e. The molecule has 24 heavy (non-hydrogen) atoms. The molecule has 1 aliphatic heterocycles. The summed E-state index contributed by atoms with van der Waals surface area (Å²) in [6, 6.07) is 4.01. The lowest BCUT2D eigenvalue weighted by atomic mass is 9.97. The molecule has 0 unspecified atom stereocenters. The van der Waals surface area contributed by atoms with Gasteiger partial charge >= 0.3 is 0 Å². The van der Waals surface area contributed by atoms with Gasteiger partial charge in [0.05, 0.1) is 11.4 Å². The number of pyridine rings is 1. The zero-order chi connectivity index (χ0) is 16.5. The van der Waals surface area contributed by atoms with E-state index in [-0.39, 0.29) is 6.04 Å². The Morgan fingerprint density at radius 3 is 2.92 bits per heavy atom. The first-order valence-electron chi connectivity index (χ1n) is 8.02. The fourth-order valence-corrected chi connectivity index (χ4v) is 2.89. The highest BCUT2D eigenvalue weighted by molar-refractivity contribution is 5.86. The minimum Gasteiger partial charge on any atom is -0.484 e. The Balaban J connectivity index is 1.69. The monoisotopic (exact) mass is 325 g/mol. The molecule has 0 fully saturated rings. The highest BCUT2D eigenvalue weighted by Crippen LogP contribution is 2.34. The van der Waals surface area contributed by atoms with Crippen LogP contribution < -0.4 is 14.8 Å². The molecule has 124 valence electrons. The molecule has 7 heteroatoms. The summed E-state index contributed by atoms with van der Waals surface area (Å²) in [7, 11) is 0. The summed E-state index contributed by atoms with van der Waals surface area (Å²) < 4.78 is 11.2. The summed E-state index contributed by atoms with van der Waals surface area (Å²) in [4.78, 5) is 16.1. The van der Waals surface area contributed by atoms with E-state index in [0.29, 0.717) is 30.8 Å². The molecular weight excluding hydrogens is 306 g/mol. The number of fused-ring (bicyclic) bond motifs is 2. The van der Waals surface area contributed by atoms with Crippen LogP contribution in [-0.2, 0) is 0 Å². The molecule has 0 spiro atoms. The quantitative estimate of drug-likeness (QED) is 0.767. The smallest absolute Gasteiger partial charge is 0.257 e. The van der Waals surface area contributed by atoms with Gasteiger partial charge < -0.3 is 19.8 Å². The van der Waals surface area contributed by atoms with E-state index < -0.39 is 0 Å². The van der Waals surface area contributed by atoms with E-state index >= 15 is 0 Å². The highest BCUT2D eigenvalue weighted by atomic mass is 16.6. The lowest BCUT2D eigenvalue weighted by Gasteiger charge is -2.25. The van der Waals surface area contributed by atoms with Crippen LogP contribution in [0.2, 0.25) is 0 Å². The Morgan fingerprint density at radius 1 is 1.17 bits per heavy atom. The van der Waals surface area contributed by atoms with Crippen molar-refractivity contribution >= 4 is 16.9 Å². The lowest BCUT2D eigenvalue weighted by molar-refractivity contribution is 0.164. The summed E-state index contributed by atoms with van der Waals surface area (Å²) in [5.41, 5.74) is 1.85. The van der Waals surface area contributed by atoms with Crippen molar-refractivity contribution < 1.29 is 9.47 Å². The summed E-state index contributed by atoms with van der Waals surface area (Å²) in [5.74, 6) is 2.39. The number of nitrogens with zero attached hydrogens (tertiary/aromatic N) is 3. The second kappa shape index (κ2) is 5.99. The number of nitrogens with one attached hydrogen (secondary N) is 2. The van der Waals surface area contributed by atoms with E-state index in [0.717, 1.165) is 22.4 Å². The van der Waals surface area contributed by atoms with Crippen molar-refractivity contribution in [1.29, 1.82) is 0 Å². The predicted octanol–water partition coefficient (Wildman–Crippen LogP) is 2.93. The van der Waals surface area contributed by atoms with Crippen molar-refractivity contribution in [3.8, 4) is 11.6 Å². The van der Waals surface area contributed by atoms with E-state index in [4.69, 9.17) is 9.47 Å². The first-order valence-corrected chi connectivity index (χ1v) is 8.02. The normalized spacial score (nSPS) is 14.8. The van der Waals surface area contributed by atoms with Crippen LogP contribution in [-0.4, -0.2) is 33.1 Å². The lowest BCUT2D eigenvalue weighted by Crippen LogP contribution is -2.20. The fourth-order valence-electron chi connectivity index (χ4n) is 2.89. The van der Waals surface area contributed by atoms with Gasteiger partial charge in [0, 0.05) is 12.4 Å². The Hall–Kier alpha value is -2.83. The van der Waals surface area contributed by atoms with Gasteiger partial charge in [-0.15, -0.1) is 0 Å². The fraction of sp³-hybridized carbons (Fsp3) is 0.353. The molecule has 0 amide bonds. The van der Waals surface area contributed by atoms with Crippen LogP contribution in [0.4, 0.5) is 5.82 Å². The number of rotatable bonds is 4. The molecule has 3 aromatic heterocycles. The number of anilines is 1. The van der Waals surface area contributed by atoms with Crippen molar-refractivity contribution in [2.75, 3.05) is 18.5 Å². The van der Waals surface area contributed by atoms with Gasteiger partial charge in [-0.3, -0.25) is 0 Å². The predicted molar refractivity (Wildman–Crippen MR) is 90.3 cm³/mol. The van der Waals surface area contributed by atoms with Crippen LogP contribution in [0.1, 0.15) is 25.5 Å². The first kappa shape index (κ1) is 14.7. The van der Waals surface area contributed by atoms with Gasteiger partial charge in [-0.1, -0.05) is 13.8 Å². The van der Waals surface area contributed by atoms with Gasteiger partial charge in [-0.2, -0.15) is 0 Å². The minimum absolute atomic E-state index is 0.0429. The third-order valence-electron chi connectivity index (χ3n) is 4.09. The van der Waals surface area contributed by atoms with Crippen molar-refractivity contribution in [3.05, 3.63) is 36.4 Å². The standard InChI is InChI=1S/C17H19N5O2/c1-10(2)14(11-7-13-17(19-8-11)24-6-5-23-13)22-16-12-3-4-18-15(12)20-9-21-16/h3-4,7-10,14H,5-6H2,1-2H3,(H2,18,20,21,22)/t14-/m1/s1. The third kappa shape index (κ3) is 2.62. The summed E-state index contributed by atoms with van der Waals surface area (Å²) >= 11 is 0. The molecule has 0 aliphatic carbocycles. The first-order chi connectivity index (χ1) is 11.7. The zero-order valence-corrected chi connectivity index (χ0v) is 13.6. The van der Waals surface area contributed by atoms with Crippen LogP contribution in [0.25, 0.3) is 11.0 Å². The average molecular weight is 325 g/mol. The van der Waals surface area contributed by atoms with E-state index in [1.807, 2.05) is 24.5 Å². The van der Waals surface area contributed by atoms with Gasteiger partial charge in [-0.05, 0) is 23.6 Å². The highest BCUT2D eigenvalue weighted by Gasteiger charge is 2.22. The summed E-state index contributed by atoms with van der Waals surface area (Å²) in [6.45, 7) is 5.40. The van der Waals surface area contributed by atoms with Crippen LogP contribution in [0.15, 0.2) is 30.9 Å². The topological polar surface area (TPSA) is 85.0 Å². The number of hydrogen-bond donors (Lipinski definition) is 2. The van der Waals surface area contributed by atoms with Crippen LogP contribution in [0.5, 0.6) is 11.6 Å². The van der Waals surface area contributed by atoms with E-state index in [1.54, 1.807) is 6.33 Å². The van der Waals surface area contributed by atoms with E-state index in [1.165, 1.54) is 0 Å². The zero-order valence-electron chi connectivity index (χ0n) is 13.6. The van der Waals surface area contributed by atoms with Gasteiger partial charge in [-0.25, -0.2) is 15.0 Å². The minimum atomic E-state index is 0.0429. The van der Waals surface area contributed by atoms with Crippen molar-refractivity contribution in [2.45, 2.75) is 19.9 Å². The summed E-state index contributed by atoms with van der Waals surface area (Å²) in [5, 5.41) is 4.49. The molecule has 0 saturated heterocycles. The number of ether oxygens (including phenoxy) is 2. The maximum atomic E-state index is 5.66. The Bertz CT molecular complexity index is 861. The second-order valence-corrected chi connectivity index (χ2v) is 6.10. The van der Waals surface area contributed by atoms with Gasteiger partial charge in [0.25, 0.3) is 5.88 Å². The molecular formula is C17H19N5O2. The SMILES string of the molecule is CC(C)[C@@H](Nc1ncnc2[nH]ccc12)c1cnc2c(c1)OCCO2. The van der Waals surface area contributed by atoms with Crippen LogP contribution >= 0.6 is 0 Å². The number of aromatic amines is 1. The number of H-pyrrole nitrogens is 1. The Labute approximate surface area is 139 Å². The van der Waals surface area contributed by atoms with Crippen LogP contribution in [0.3, 0.4) is 0 Å². The molecule has 0 aromatic carbocycles. The maximum Gasteiger partial charge on any atom is 0.257 e. The van der Waals surface area contributed by atoms with Crippen molar-refractivity contribution in [2.24, 2.45) is 5.92 Å². The molecule has 1 aliphatic rings. The van der Waals surface area contributed by atoms with Gasteiger partial charge in [0.1, 0.15) is 31.0 Å². The van der Waals surface area contributed by atoms with Crippen molar-refractivity contribution in [3.63, 3.8) is 0 Å². The van der Waals surface area contributed by atoms with E-state index in [9.17, 15) is 0 Å². The second-order valence-electron chi connectivity index (χ2n) is 6.10. The Kier molecular flexibility index (Phi) is 3.68. The number of aromatic nitrogens is 4. The molecule has 0 bridgehead atoms. The maximum absolute atomic E-state index is 5.66. The molecule has 7 nitrogen and oxygen atoms in total. The number of hydrogen-bond acceptors (Lipinski definition) is 6.